The molecule has 0 bridgehead atoms. The molecule has 3 heteroatoms. The molecule has 0 aromatic heterocycles. The van der Waals surface area contributed by atoms with Gasteiger partial charge in [0.05, 0.1) is 0 Å². The first-order valence-electron chi connectivity index (χ1n) is 4.58. The Morgan fingerprint density at radius 1 is 1.50 bits per heavy atom. The van der Waals surface area contributed by atoms with Crippen molar-refractivity contribution in [2.24, 2.45) is 5.73 Å². The Morgan fingerprint density at radius 3 is 3.14 bits per heavy atom. The molecular formula is C11H13NO2. The van der Waals surface area contributed by atoms with Gasteiger partial charge in [-0.15, -0.1) is 6.58 Å². The molecule has 0 unspecified atom stereocenters. The van der Waals surface area contributed by atoms with E-state index in [0.29, 0.717) is 0 Å². The highest BCUT2D eigenvalue weighted by atomic mass is 16.7. The van der Waals surface area contributed by atoms with Crippen LogP contribution in [0.4, 0.5) is 0 Å². The third-order valence-electron chi connectivity index (χ3n) is 2.25. The zero-order valence-electron chi connectivity index (χ0n) is 7.90. The van der Waals surface area contributed by atoms with E-state index in [-0.39, 0.29) is 12.8 Å². The summed E-state index contributed by atoms with van der Waals surface area (Å²) in [6.07, 6.45) is 2.54. The van der Waals surface area contributed by atoms with Gasteiger partial charge < -0.3 is 15.2 Å². The van der Waals surface area contributed by atoms with Crippen molar-refractivity contribution in [2.75, 3.05) is 6.79 Å². The van der Waals surface area contributed by atoms with Gasteiger partial charge >= 0.3 is 0 Å². The monoisotopic (exact) mass is 191 g/mol. The second-order valence-corrected chi connectivity index (χ2v) is 3.21. The molecule has 0 spiro atoms. The van der Waals surface area contributed by atoms with Crippen LogP contribution < -0.4 is 15.2 Å². The molecule has 1 heterocycles. The Hall–Kier alpha value is -1.48. The summed E-state index contributed by atoms with van der Waals surface area (Å²) in [6.45, 7) is 3.95. The SMILES string of the molecule is C=CC[C@H](N)c1cccc2c1OCO2. The molecule has 0 aliphatic carbocycles. The van der Waals surface area contributed by atoms with Gasteiger partial charge in [0.1, 0.15) is 0 Å². The number of hydrogen-bond donors (Lipinski definition) is 1. The number of rotatable bonds is 3. The topological polar surface area (TPSA) is 44.5 Å². The van der Waals surface area contributed by atoms with Crippen molar-refractivity contribution in [3.63, 3.8) is 0 Å². The minimum atomic E-state index is -0.0656. The minimum absolute atomic E-state index is 0.0656. The quantitative estimate of drug-likeness (QED) is 0.743. The van der Waals surface area contributed by atoms with Gasteiger partial charge in [0.25, 0.3) is 0 Å². The average Bonchev–Trinajstić information content (AvgIpc) is 2.65. The maximum atomic E-state index is 5.97. The van der Waals surface area contributed by atoms with Gasteiger partial charge in [-0.3, -0.25) is 0 Å². The number of para-hydroxylation sites is 1. The van der Waals surface area contributed by atoms with E-state index in [4.69, 9.17) is 15.2 Å². The van der Waals surface area contributed by atoms with Crippen molar-refractivity contribution in [1.29, 1.82) is 0 Å². The van der Waals surface area contributed by atoms with Gasteiger partial charge in [-0.25, -0.2) is 0 Å². The van der Waals surface area contributed by atoms with Crippen molar-refractivity contribution in [3.8, 4) is 11.5 Å². The molecule has 1 atom stereocenters. The highest BCUT2D eigenvalue weighted by molar-refractivity contribution is 5.49. The first kappa shape index (κ1) is 9.09. The normalized spacial score (nSPS) is 15.2. The Bertz CT molecular complexity index is 349. The van der Waals surface area contributed by atoms with Crippen LogP contribution in [0.2, 0.25) is 0 Å². The smallest absolute Gasteiger partial charge is 0.231 e. The molecule has 3 nitrogen and oxygen atoms in total. The Kier molecular flexibility index (Phi) is 2.41. The van der Waals surface area contributed by atoms with Crippen LogP contribution in [0, 0.1) is 0 Å². The van der Waals surface area contributed by atoms with E-state index in [1.54, 1.807) is 6.08 Å². The van der Waals surface area contributed by atoms with Crippen LogP contribution in [0.25, 0.3) is 0 Å². The zero-order chi connectivity index (χ0) is 9.97. The Balaban J connectivity index is 2.34. The summed E-state index contributed by atoms with van der Waals surface area (Å²) in [5.74, 6) is 1.56. The van der Waals surface area contributed by atoms with E-state index >= 15 is 0 Å². The molecule has 1 aromatic rings. The van der Waals surface area contributed by atoms with E-state index in [0.717, 1.165) is 23.5 Å². The molecule has 1 aliphatic heterocycles. The maximum Gasteiger partial charge on any atom is 0.231 e. The second kappa shape index (κ2) is 3.72. The Labute approximate surface area is 83.1 Å². The molecule has 0 saturated carbocycles. The second-order valence-electron chi connectivity index (χ2n) is 3.21. The summed E-state index contributed by atoms with van der Waals surface area (Å²) < 4.78 is 10.6. The molecule has 1 aromatic carbocycles. The van der Waals surface area contributed by atoms with Crippen molar-refractivity contribution in [3.05, 3.63) is 36.4 Å². The van der Waals surface area contributed by atoms with Gasteiger partial charge in [0.2, 0.25) is 6.79 Å². The number of fused-ring (bicyclic) bond motifs is 1. The van der Waals surface area contributed by atoms with Crippen molar-refractivity contribution in [2.45, 2.75) is 12.5 Å². The van der Waals surface area contributed by atoms with Crippen molar-refractivity contribution in [1.82, 2.24) is 0 Å². The summed E-state index contributed by atoms with van der Waals surface area (Å²) in [6, 6.07) is 5.70. The molecule has 0 amide bonds. The predicted molar refractivity (Wildman–Crippen MR) is 54.3 cm³/mol. The minimum Gasteiger partial charge on any atom is -0.454 e. The molecule has 0 saturated heterocycles. The van der Waals surface area contributed by atoms with E-state index in [9.17, 15) is 0 Å². The van der Waals surface area contributed by atoms with E-state index < -0.39 is 0 Å². The van der Waals surface area contributed by atoms with Gasteiger partial charge in [-0.2, -0.15) is 0 Å². The molecule has 0 fully saturated rings. The standard InChI is InChI=1S/C11H13NO2/c1-2-4-9(12)8-5-3-6-10-11(8)14-7-13-10/h2-3,5-6,9H,1,4,7,12H2/t9-/m0/s1. The van der Waals surface area contributed by atoms with Crippen molar-refractivity contribution < 1.29 is 9.47 Å². The summed E-state index contributed by atoms with van der Waals surface area (Å²) in [5, 5.41) is 0. The lowest BCUT2D eigenvalue weighted by Gasteiger charge is -2.11. The number of benzene rings is 1. The highest BCUT2D eigenvalue weighted by Gasteiger charge is 2.20. The van der Waals surface area contributed by atoms with Gasteiger partial charge in [0, 0.05) is 11.6 Å². The lowest BCUT2D eigenvalue weighted by atomic mass is 10.0. The van der Waals surface area contributed by atoms with Crippen LogP contribution in [0.1, 0.15) is 18.0 Å². The summed E-state index contributed by atoms with van der Waals surface area (Å²) in [5.41, 5.74) is 6.96. The molecule has 0 radical (unpaired) electrons. The number of nitrogens with two attached hydrogens (primary N) is 1. The first-order valence-corrected chi connectivity index (χ1v) is 4.58. The molecule has 74 valence electrons. The Morgan fingerprint density at radius 2 is 2.36 bits per heavy atom. The predicted octanol–water partition coefficient (Wildman–Crippen LogP) is 1.99. The fourth-order valence-corrected chi connectivity index (χ4v) is 1.55. The third-order valence-corrected chi connectivity index (χ3v) is 2.25. The van der Waals surface area contributed by atoms with Gasteiger partial charge in [-0.05, 0) is 12.5 Å². The number of ether oxygens (including phenoxy) is 2. The first-order chi connectivity index (χ1) is 6.83. The van der Waals surface area contributed by atoms with Crippen LogP contribution in [-0.4, -0.2) is 6.79 Å². The van der Waals surface area contributed by atoms with Crippen LogP contribution in [0.15, 0.2) is 30.9 Å². The lowest BCUT2D eigenvalue weighted by molar-refractivity contribution is 0.173. The van der Waals surface area contributed by atoms with Crippen LogP contribution in [0.5, 0.6) is 11.5 Å². The molecule has 2 rings (SSSR count). The van der Waals surface area contributed by atoms with Crippen LogP contribution in [0.3, 0.4) is 0 Å². The van der Waals surface area contributed by atoms with Crippen LogP contribution >= 0.6 is 0 Å². The molecule has 14 heavy (non-hydrogen) atoms. The van der Waals surface area contributed by atoms with E-state index in [1.165, 1.54) is 0 Å². The maximum absolute atomic E-state index is 5.97. The summed E-state index contributed by atoms with van der Waals surface area (Å²) in [7, 11) is 0. The molecule has 2 N–H and O–H groups in total. The zero-order valence-corrected chi connectivity index (χ0v) is 7.90. The molecule has 1 aliphatic rings. The van der Waals surface area contributed by atoms with Crippen LogP contribution in [-0.2, 0) is 0 Å². The van der Waals surface area contributed by atoms with E-state index in [1.807, 2.05) is 18.2 Å². The fourth-order valence-electron chi connectivity index (χ4n) is 1.55. The third kappa shape index (κ3) is 1.46. The van der Waals surface area contributed by atoms with Gasteiger partial charge in [-0.1, -0.05) is 18.2 Å². The molecular weight excluding hydrogens is 178 g/mol. The van der Waals surface area contributed by atoms with E-state index in [2.05, 4.69) is 6.58 Å². The lowest BCUT2D eigenvalue weighted by Crippen LogP contribution is -2.09. The van der Waals surface area contributed by atoms with Crippen molar-refractivity contribution >= 4 is 0 Å². The number of hydrogen-bond acceptors (Lipinski definition) is 3. The van der Waals surface area contributed by atoms with Gasteiger partial charge in [0.15, 0.2) is 11.5 Å². The highest BCUT2D eigenvalue weighted by Crippen LogP contribution is 2.38. The average molecular weight is 191 g/mol. The summed E-state index contributed by atoms with van der Waals surface area (Å²) in [4.78, 5) is 0. The summed E-state index contributed by atoms with van der Waals surface area (Å²) >= 11 is 0. The largest absolute Gasteiger partial charge is 0.454 e. The fraction of sp³-hybridized carbons (Fsp3) is 0.273.